The van der Waals surface area contributed by atoms with Gasteiger partial charge in [-0.25, -0.2) is 0 Å². The summed E-state index contributed by atoms with van der Waals surface area (Å²) in [6.45, 7) is 1.55. The van der Waals surface area contributed by atoms with E-state index in [-0.39, 0.29) is 25.0 Å². The Bertz CT molecular complexity index is 783. The number of primary amides is 1. The van der Waals surface area contributed by atoms with Gasteiger partial charge < -0.3 is 25.3 Å². The minimum absolute atomic E-state index is 0.158. The first-order valence-electron chi connectivity index (χ1n) is 9.27. The molecule has 3 rings (SSSR count). The zero-order valence-electron chi connectivity index (χ0n) is 15.6. The van der Waals surface area contributed by atoms with Crippen LogP contribution in [0.15, 0.2) is 48.5 Å². The Morgan fingerprint density at radius 1 is 1.04 bits per heavy atom. The predicted molar refractivity (Wildman–Crippen MR) is 105 cm³/mol. The molecule has 1 atom stereocenters. The molecule has 1 unspecified atom stereocenters. The number of benzene rings is 2. The number of rotatable bonds is 9. The third-order valence-corrected chi connectivity index (χ3v) is 4.31. The normalized spacial score (nSPS) is 15.8. The van der Waals surface area contributed by atoms with Gasteiger partial charge in [-0.3, -0.25) is 9.59 Å². The van der Waals surface area contributed by atoms with E-state index in [9.17, 15) is 9.59 Å². The van der Waals surface area contributed by atoms with Gasteiger partial charge in [0, 0.05) is 17.9 Å². The molecule has 1 fully saturated rings. The number of nitrogens with two attached hydrogens (primary N) is 1. The van der Waals surface area contributed by atoms with E-state index in [1.54, 1.807) is 48.5 Å². The van der Waals surface area contributed by atoms with E-state index < -0.39 is 5.91 Å². The predicted octanol–water partition coefficient (Wildman–Crippen LogP) is 2.75. The van der Waals surface area contributed by atoms with Gasteiger partial charge >= 0.3 is 0 Å². The molecule has 0 bridgehead atoms. The van der Waals surface area contributed by atoms with Gasteiger partial charge in [-0.1, -0.05) is 0 Å². The first-order valence-corrected chi connectivity index (χ1v) is 9.27. The van der Waals surface area contributed by atoms with Crippen LogP contribution >= 0.6 is 0 Å². The van der Waals surface area contributed by atoms with Gasteiger partial charge in [-0.05, 0) is 61.4 Å². The number of amides is 2. The summed E-state index contributed by atoms with van der Waals surface area (Å²) < 4.78 is 16.6. The zero-order chi connectivity index (χ0) is 19.8. The van der Waals surface area contributed by atoms with E-state index in [2.05, 4.69) is 5.32 Å². The summed E-state index contributed by atoms with van der Waals surface area (Å²) in [7, 11) is 0. The highest BCUT2D eigenvalue weighted by Crippen LogP contribution is 2.19. The van der Waals surface area contributed by atoms with Crippen LogP contribution < -0.4 is 20.5 Å². The van der Waals surface area contributed by atoms with Crippen molar-refractivity contribution < 1.29 is 23.8 Å². The van der Waals surface area contributed by atoms with E-state index in [4.69, 9.17) is 19.9 Å². The van der Waals surface area contributed by atoms with Crippen molar-refractivity contribution in [2.45, 2.75) is 25.4 Å². The van der Waals surface area contributed by atoms with E-state index in [1.165, 1.54) is 0 Å². The SMILES string of the molecule is NC(=O)CCOc1ccc(NC(=O)c2ccc(OCC3CCCO3)cc2)cc1. The Morgan fingerprint density at radius 3 is 2.36 bits per heavy atom. The van der Waals surface area contributed by atoms with Gasteiger partial charge in [-0.2, -0.15) is 0 Å². The van der Waals surface area contributed by atoms with Crippen molar-refractivity contribution in [3.8, 4) is 11.5 Å². The van der Waals surface area contributed by atoms with Crippen molar-refractivity contribution in [1.82, 2.24) is 0 Å². The smallest absolute Gasteiger partial charge is 0.255 e. The molecule has 2 amide bonds. The fraction of sp³-hybridized carbons (Fsp3) is 0.333. The first-order chi connectivity index (χ1) is 13.6. The van der Waals surface area contributed by atoms with Crippen molar-refractivity contribution in [3.63, 3.8) is 0 Å². The number of ether oxygens (including phenoxy) is 3. The molecule has 2 aromatic rings. The fourth-order valence-corrected chi connectivity index (χ4v) is 2.77. The molecule has 1 heterocycles. The second-order valence-electron chi connectivity index (χ2n) is 6.51. The number of anilines is 1. The van der Waals surface area contributed by atoms with Crippen molar-refractivity contribution in [2.75, 3.05) is 25.1 Å². The summed E-state index contributed by atoms with van der Waals surface area (Å²) in [5, 5.41) is 2.83. The minimum atomic E-state index is -0.410. The van der Waals surface area contributed by atoms with Crippen LogP contribution in [0.4, 0.5) is 5.69 Å². The summed E-state index contributed by atoms with van der Waals surface area (Å²) in [5.74, 6) is 0.691. The lowest BCUT2D eigenvalue weighted by molar-refractivity contribution is -0.118. The topological polar surface area (TPSA) is 99.9 Å². The zero-order valence-corrected chi connectivity index (χ0v) is 15.6. The van der Waals surface area contributed by atoms with Crippen LogP contribution in [0.5, 0.6) is 11.5 Å². The number of carbonyl (C=O) groups excluding carboxylic acids is 2. The molecular weight excluding hydrogens is 360 g/mol. The molecule has 7 nitrogen and oxygen atoms in total. The molecular formula is C21H24N2O5. The Labute approximate surface area is 163 Å². The Balaban J connectivity index is 1.47. The van der Waals surface area contributed by atoms with E-state index in [1.807, 2.05) is 0 Å². The number of nitrogens with one attached hydrogen (secondary N) is 1. The lowest BCUT2D eigenvalue weighted by Crippen LogP contribution is -2.16. The Morgan fingerprint density at radius 2 is 1.71 bits per heavy atom. The summed E-state index contributed by atoms with van der Waals surface area (Å²) in [6.07, 6.45) is 2.42. The monoisotopic (exact) mass is 384 g/mol. The largest absolute Gasteiger partial charge is 0.493 e. The number of carbonyl (C=O) groups is 2. The standard InChI is InChI=1S/C21H24N2O5/c22-20(24)11-13-27-17-9-5-16(6-10-17)23-21(25)15-3-7-18(8-4-15)28-14-19-2-1-12-26-19/h3-10,19H,1-2,11-14H2,(H2,22,24)(H,23,25). The molecule has 7 heteroatoms. The summed E-state index contributed by atoms with van der Waals surface area (Å²) in [6, 6.07) is 13.9. The van der Waals surface area contributed by atoms with E-state index >= 15 is 0 Å². The van der Waals surface area contributed by atoms with Crippen LogP contribution in [0.25, 0.3) is 0 Å². The van der Waals surface area contributed by atoms with Crippen molar-refractivity contribution >= 4 is 17.5 Å². The van der Waals surface area contributed by atoms with Crippen molar-refractivity contribution in [3.05, 3.63) is 54.1 Å². The van der Waals surface area contributed by atoms with Crippen LogP contribution in [0.3, 0.4) is 0 Å². The van der Waals surface area contributed by atoms with Gasteiger partial charge in [0.2, 0.25) is 5.91 Å². The van der Waals surface area contributed by atoms with Gasteiger partial charge in [0.25, 0.3) is 5.91 Å². The fourth-order valence-electron chi connectivity index (χ4n) is 2.77. The molecule has 0 radical (unpaired) electrons. The molecule has 28 heavy (non-hydrogen) atoms. The lowest BCUT2D eigenvalue weighted by atomic mass is 10.2. The van der Waals surface area contributed by atoms with Crippen molar-refractivity contribution in [2.24, 2.45) is 5.73 Å². The Hall–Kier alpha value is -3.06. The third kappa shape index (κ3) is 5.99. The van der Waals surface area contributed by atoms with Gasteiger partial charge in [0.1, 0.15) is 18.1 Å². The molecule has 0 spiro atoms. The maximum absolute atomic E-state index is 12.4. The second-order valence-corrected chi connectivity index (χ2v) is 6.51. The van der Waals surface area contributed by atoms with Gasteiger partial charge in [0.05, 0.1) is 19.1 Å². The van der Waals surface area contributed by atoms with Gasteiger partial charge in [0.15, 0.2) is 0 Å². The average molecular weight is 384 g/mol. The highest BCUT2D eigenvalue weighted by Gasteiger charge is 2.16. The third-order valence-electron chi connectivity index (χ3n) is 4.31. The highest BCUT2D eigenvalue weighted by molar-refractivity contribution is 6.04. The maximum atomic E-state index is 12.4. The van der Waals surface area contributed by atoms with Crippen LogP contribution in [0.2, 0.25) is 0 Å². The lowest BCUT2D eigenvalue weighted by Gasteiger charge is -2.12. The van der Waals surface area contributed by atoms with Crippen LogP contribution in [0.1, 0.15) is 29.6 Å². The van der Waals surface area contributed by atoms with E-state index in [0.29, 0.717) is 29.4 Å². The molecule has 1 aliphatic rings. The molecule has 1 aliphatic heterocycles. The minimum Gasteiger partial charge on any atom is -0.493 e. The highest BCUT2D eigenvalue weighted by atomic mass is 16.5. The van der Waals surface area contributed by atoms with Crippen LogP contribution in [0, 0.1) is 0 Å². The van der Waals surface area contributed by atoms with E-state index in [0.717, 1.165) is 19.4 Å². The van der Waals surface area contributed by atoms with Crippen LogP contribution in [-0.4, -0.2) is 37.7 Å². The summed E-state index contributed by atoms with van der Waals surface area (Å²) in [4.78, 5) is 23.1. The molecule has 0 aromatic heterocycles. The molecule has 3 N–H and O–H groups in total. The summed E-state index contributed by atoms with van der Waals surface area (Å²) >= 11 is 0. The average Bonchev–Trinajstić information content (AvgIpc) is 3.21. The quantitative estimate of drug-likeness (QED) is 0.692. The first kappa shape index (κ1) is 19.7. The molecule has 1 saturated heterocycles. The summed E-state index contributed by atoms with van der Waals surface area (Å²) in [5.41, 5.74) is 6.24. The molecule has 2 aromatic carbocycles. The number of hydrogen-bond acceptors (Lipinski definition) is 5. The molecule has 0 saturated carbocycles. The number of hydrogen-bond donors (Lipinski definition) is 2. The second kappa shape index (κ2) is 9.75. The maximum Gasteiger partial charge on any atom is 0.255 e. The Kier molecular flexibility index (Phi) is 6.86. The van der Waals surface area contributed by atoms with Crippen LogP contribution in [-0.2, 0) is 9.53 Å². The molecule has 0 aliphatic carbocycles. The van der Waals surface area contributed by atoms with Gasteiger partial charge in [-0.15, -0.1) is 0 Å². The van der Waals surface area contributed by atoms with Crippen molar-refractivity contribution in [1.29, 1.82) is 0 Å². The molecule has 148 valence electrons.